The molecule has 0 aliphatic heterocycles. The van der Waals surface area contributed by atoms with Gasteiger partial charge in [0.15, 0.2) is 0 Å². The van der Waals surface area contributed by atoms with Gasteiger partial charge in [-0.15, -0.1) is 11.3 Å². The molecule has 0 bridgehead atoms. The predicted octanol–water partition coefficient (Wildman–Crippen LogP) is 4.25. The molecule has 0 radical (unpaired) electrons. The Morgan fingerprint density at radius 1 is 1.33 bits per heavy atom. The highest BCUT2D eigenvalue weighted by molar-refractivity contribution is 7.09. The standard InChI is InChI=1S/C18H19N3O2S/c1-11-16(13(3)23-20-11)14-6-5-7-15(10-14)18(22)21(4)12(2)17-19-8-9-24-17/h5-10,12H,1-4H3/t12-/m0/s1. The van der Waals surface area contributed by atoms with Crippen molar-refractivity contribution in [2.75, 3.05) is 7.05 Å². The number of benzene rings is 1. The molecule has 6 heteroatoms. The van der Waals surface area contributed by atoms with E-state index in [1.807, 2.05) is 50.4 Å². The maximum atomic E-state index is 12.8. The Hall–Kier alpha value is -2.47. The normalized spacial score (nSPS) is 12.2. The fourth-order valence-electron chi connectivity index (χ4n) is 2.69. The highest BCUT2D eigenvalue weighted by atomic mass is 32.1. The summed E-state index contributed by atoms with van der Waals surface area (Å²) in [5, 5.41) is 6.83. The van der Waals surface area contributed by atoms with Gasteiger partial charge in [-0.3, -0.25) is 4.79 Å². The fourth-order valence-corrected chi connectivity index (χ4v) is 3.43. The van der Waals surface area contributed by atoms with Gasteiger partial charge in [0.05, 0.1) is 11.7 Å². The average molecular weight is 341 g/mol. The van der Waals surface area contributed by atoms with Gasteiger partial charge in [0, 0.05) is 29.8 Å². The van der Waals surface area contributed by atoms with E-state index in [1.54, 1.807) is 29.5 Å². The van der Waals surface area contributed by atoms with E-state index in [2.05, 4.69) is 10.1 Å². The molecule has 3 rings (SSSR count). The van der Waals surface area contributed by atoms with Crippen molar-refractivity contribution in [3.8, 4) is 11.1 Å². The van der Waals surface area contributed by atoms with Gasteiger partial charge in [-0.1, -0.05) is 17.3 Å². The van der Waals surface area contributed by atoms with Crippen molar-refractivity contribution >= 4 is 17.2 Å². The molecule has 24 heavy (non-hydrogen) atoms. The largest absolute Gasteiger partial charge is 0.361 e. The quantitative estimate of drug-likeness (QED) is 0.712. The van der Waals surface area contributed by atoms with Crippen molar-refractivity contribution in [2.24, 2.45) is 0 Å². The van der Waals surface area contributed by atoms with Crippen molar-refractivity contribution < 1.29 is 9.32 Å². The van der Waals surface area contributed by atoms with Crippen molar-refractivity contribution in [1.29, 1.82) is 0 Å². The number of rotatable bonds is 4. The summed E-state index contributed by atoms with van der Waals surface area (Å²) in [5.41, 5.74) is 3.34. The van der Waals surface area contributed by atoms with Crippen molar-refractivity contribution in [3.05, 3.63) is 57.9 Å². The molecule has 0 unspecified atom stereocenters. The lowest BCUT2D eigenvalue weighted by Crippen LogP contribution is -2.29. The van der Waals surface area contributed by atoms with Crippen LogP contribution in [0.1, 0.15) is 39.8 Å². The zero-order valence-corrected chi connectivity index (χ0v) is 14.9. The molecule has 2 heterocycles. The Morgan fingerprint density at radius 2 is 2.12 bits per heavy atom. The Kier molecular flexibility index (Phi) is 4.49. The molecule has 1 atom stereocenters. The van der Waals surface area contributed by atoms with E-state index in [0.717, 1.165) is 27.6 Å². The van der Waals surface area contributed by atoms with Crippen molar-refractivity contribution in [3.63, 3.8) is 0 Å². The molecule has 0 N–H and O–H groups in total. The third-order valence-corrected chi connectivity index (χ3v) is 5.09. The molecule has 1 amide bonds. The summed E-state index contributed by atoms with van der Waals surface area (Å²) in [5.74, 6) is 0.716. The van der Waals surface area contributed by atoms with Crippen molar-refractivity contribution in [2.45, 2.75) is 26.8 Å². The molecule has 5 nitrogen and oxygen atoms in total. The summed E-state index contributed by atoms with van der Waals surface area (Å²) in [6.07, 6.45) is 1.76. The van der Waals surface area contributed by atoms with Crippen LogP contribution in [0.25, 0.3) is 11.1 Å². The Labute approximate surface area is 144 Å². The smallest absolute Gasteiger partial charge is 0.254 e. The van der Waals surface area contributed by atoms with Gasteiger partial charge in [0.1, 0.15) is 10.8 Å². The highest BCUT2D eigenvalue weighted by Gasteiger charge is 2.21. The van der Waals surface area contributed by atoms with Crippen LogP contribution in [0.5, 0.6) is 0 Å². The molecule has 0 saturated heterocycles. The maximum Gasteiger partial charge on any atom is 0.254 e. The summed E-state index contributed by atoms with van der Waals surface area (Å²) >= 11 is 1.55. The molecular formula is C18H19N3O2S. The summed E-state index contributed by atoms with van der Waals surface area (Å²) in [6.45, 7) is 5.76. The lowest BCUT2D eigenvalue weighted by Gasteiger charge is -2.23. The maximum absolute atomic E-state index is 12.8. The van der Waals surface area contributed by atoms with E-state index in [9.17, 15) is 4.79 Å². The predicted molar refractivity (Wildman–Crippen MR) is 94.0 cm³/mol. The number of aromatic nitrogens is 2. The fraction of sp³-hybridized carbons (Fsp3) is 0.278. The van der Waals surface area contributed by atoms with Crippen LogP contribution >= 0.6 is 11.3 Å². The number of aryl methyl sites for hydroxylation is 2. The third-order valence-electron chi connectivity index (χ3n) is 4.14. The highest BCUT2D eigenvalue weighted by Crippen LogP contribution is 2.28. The molecular weight excluding hydrogens is 322 g/mol. The lowest BCUT2D eigenvalue weighted by atomic mass is 10.0. The second-order valence-corrected chi connectivity index (χ2v) is 6.67. The molecule has 0 aliphatic carbocycles. The molecule has 0 fully saturated rings. The van der Waals surface area contributed by atoms with Crippen LogP contribution in [0, 0.1) is 13.8 Å². The van der Waals surface area contributed by atoms with E-state index in [4.69, 9.17) is 4.52 Å². The zero-order chi connectivity index (χ0) is 17.3. The van der Waals surface area contributed by atoms with E-state index in [-0.39, 0.29) is 11.9 Å². The van der Waals surface area contributed by atoms with E-state index < -0.39 is 0 Å². The minimum absolute atomic E-state index is 0.0358. The first kappa shape index (κ1) is 16.4. The second-order valence-electron chi connectivity index (χ2n) is 5.74. The molecule has 124 valence electrons. The molecule has 1 aromatic carbocycles. The van der Waals surface area contributed by atoms with E-state index in [1.165, 1.54) is 0 Å². The van der Waals surface area contributed by atoms with Crippen LogP contribution in [0.15, 0.2) is 40.4 Å². The van der Waals surface area contributed by atoms with Gasteiger partial charge in [-0.2, -0.15) is 0 Å². The van der Waals surface area contributed by atoms with Crippen LogP contribution in [-0.4, -0.2) is 28.0 Å². The van der Waals surface area contributed by atoms with Crippen LogP contribution in [-0.2, 0) is 0 Å². The number of thiazole rings is 1. The minimum atomic E-state index is -0.0692. The Bertz CT molecular complexity index is 836. The van der Waals surface area contributed by atoms with Gasteiger partial charge in [0.25, 0.3) is 5.91 Å². The van der Waals surface area contributed by atoms with Crippen molar-refractivity contribution in [1.82, 2.24) is 15.0 Å². The zero-order valence-electron chi connectivity index (χ0n) is 14.1. The minimum Gasteiger partial charge on any atom is -0.361 e. The van der Waals surface area contributed by atoms with Gasteiger partial charge in [0.2, 0.25) is 0 Å². The summed E-state index contributed by atoms with van der Waals surface area (Å²) in [4.78, 5) is 18.8. The van der Waals surface area contributed by atoms with Gasteiger partial charge < -0.3 is 9.42 Å². The molecule has 0 spiro atoms. The Balaban J connectivity index is 1.90. The lowest BCUT2D eigenvalue weighted by molar-refractivity contribution is 0.0742. The number of amides is 1. The van der Waals surface area contributed by atoms with Gasteiger partial charge in [-0.25, -0.2) is 4.98 Å². The number of carbonyl (C=O) groups is 1. The second kappa shape index (κ2) is 6.57. The molecule has 3 aromatic rings. The SMILES string of the molecule is Cc1noc(C)c1-c1cccc(C(=O)N(C)[C@@H](C)c2nccs2)c1. The van der Waals surface area contributed by atoms with E-state index in [0.29, 0.717) is 5.56 Å². The number of hydrogen-bond acceptors (Lipinski definition) is 5. The van der Waals surface area contributed by atoms with Gasteiger partial charge >= 0.3 is 0 Å². The average Bonchev–Trinajstić information content (AvgIpc) is 3.23. The topological polar surface area (TPSA) is 59.2 Å². The first-order chi connectivity index (χ1) is 11.5. The summed E-state index contributed by atoms with van der Waals surface area (Å²) in [6, 6.07) is 7.50. The van der Waals surface area contributed by atoms with Crippen LogP contribution in [0.2, 0.25) is 0 Å². The van der Waals surface area contributed by atoms with Crippen LogP contribution in [0.4, 0.5) is 0 Å². The summed E-state index contributed by atoms with van der Waals surface area (Å²) < 4.78 is 5.23. The third kappa shape index (κ3) is 2.97. The van der Waals surface area contributed by atoms with Crippen LogP contribution in [0.3, 0.4) is 0 Å². The molecule has 0 aliphatic rings. The van der Waals surface area contributed by atoms with Crippen LogP contribution < -0.4 is 0 Å². The number of hydrogen-bond donors (Lipinski definition) is 0. The monoisotopic (exact) mass is 341 g/mol. The number of nitrogens with zero attached hydrogens (tertiary/aromatic N) is 3. The Morgan fingerprint density at radius 3 is 2.75 bits per heavy atom. The van der Waals surface area contributed by atoms with E-state index >= 15 is 0 Å². The molecule has 0 saturated carbocycles. The first-order valence-corrected chi connectivity index (χ1v) is 8.57. The molecule has 2 aromatic heterocycles. The summed E-state index contributed by atoms with van der Waals surface area (Å²) in [7, 11) is 1.80. The van der Waals surface area contributed by atoms with Gasteiger partial charge in [-0.05, 0) is 38.5 Å². The number of carbonyl (C=O) groups excluding carboxylic acids is 1. The first-order valence-electron chi connectivity index (χ1n) is 7.69.